The molecule has 0 unspecified atom stereocenters. The second-order valence-electron chi connectivity index (χ2n) is 10.8. The van der Waals surface area contributed by atoms with Gasteiger partial charge in [-0.15, -0.1) is 0 Å². The summed E-state index contributed by atoms with van der Waals surface area (Å²) in [5, 5.41) is 3.42. The first kappa shape index (κ1) is 23.9. The van der Waals surface area contributed by atoms with Crippen molar-refractivity contribution in [3.63, 3.8) is 0 Å². The van der Waals surface area contributed by atoms with E-state index in [-0.39, 0.29) is 29.2 Å². The monoisotopic (exact) mass is 532 g/mol. The topological polar surface area (TPSA) is 66.5 Å². The van der Waals surface area contributed by atoms with Crippen LogP contribution in [0.3, 0.4) is 0 Å². The average Bonchev–Trinajstić information content (AvgIpc) is 3.15. The largest absolute Gasteiger partial charge is 0.322 e. The van der Waals surface area contributed by atoms with Crippen molar-refractivity contribution in [2.24, 2.45) is 11.3 Å². The third-order valence-corrected chi connectivity index (χ3v) is 9.09. The summed E-state index contributed by atoms with van der Waals surface area (Å²) >= 11 is 6.17. The lowest BCUT2D eigenvalue weighted by molar-refractivity contribution is -0.128. The zero-order chi connectivity index (χ0) is 27.1. The van der Waals surface area contributed by atoms with Crippen molar-refractivity contribution >= 4 is 40.7 Å². The van der Waals surface area contributed by atoms with E-state index in [1.807, 2.05) is 44.2 Å². The van der Waals surface area contributed by atoms with Crippen LogP contribution in [0.4, 0.5) is 11.4 Å². The highest BCUT2D eigenvalue weighted by molar-refractivity contribution is 6.31. The third kappa shape index (κ3) is 3.17. The summed E-state index contributed by atoms with van der Waals surface area (Å²) < 4.78 is 0. The molecule has 0 saturated carbocycles. The Morgan fingerprint density at radius 1 is 0.846 bits per heavy atom. The Kier molecular flexibility index (Phi) is 5.13. The van der Waals surface area contributed by atoms with Crippen LogP contribution in [0.5, 0.6) is 0 Å². The summed E-state index contributed by atoms with van der Waals surface area (Å²) in [6, 6.07) is 28.4. The third-order valence-electron chi connectivity index (χ3n) is 8.85. The van der Waals surface area contributed by atoms with Crippen LogP contribution in [0.1, 0.15) is 56.9 Å². The minimum absolute atomic E-state index is 0.232. The number of carbonyl (C=O) groups is 3. The SMILES string of the molecule is Cc1ccc(Cl)cc1NC(=O)c1ccccc1N1C(=O)[C@H]2C3c4ccccc4C(c4ccccc43)[C@]2(C)C1=O. The zero-order valence-corrected chi connectivity index (χ0v) is 22.2. The molecule has 5 nitrogen and oxygen atoms in total. The minimum atomic E-state index is -0.975. The van der Waals surface area contributed by atoms with Crippen molar-refractivity contribution in [3.8, 4) is 0 Å². The van der Waals surface area contributed by atoms with Crippen molar-refractivity contribution in [2.75, 3.05) is 10.2 Å². The number of para-hydroxylation sites is 1. The van der Waals surface area contributed by atoms with Gasteiger partial charge in [0.2, 0.25) is 11.8 Å². The quantitative estimate of drug-likeness (QED) is 0.299. The van der Waals surface area contributed by atoms with Crippen molar-refractivity contribution in [3.05, 3.63) is 129 Å². The van der Waals surface area contributed by atoms with Gasteiger partial charge in [0, 0.05) is 22.5 Å². The predicted molar refractivity (Wildman–Crippen MR) is 151 cm³/mol. The smallest absolute Gasteiger partial charge is 0.257 e. The van der Waals surface area contributed by atoms with E-state index in [0.717, 1.165) is 27.8 Å². The van der Waals surface area contributed by atoms with Crippen LogP contribution in [0.15, 0.2) is 91.0 Å². The molecular formula is C33H25ClN2O3. The van der Waals surface area contributed by atoms with Gasteiger partial charge >= 0.3 is 0 Å². The van der Waals surface area contributed by atoms with E-state index in [1.54, 1.807) is 36.4 Å². The highest BCUT2D eigenvalue weighted by Gasteiger charge is 2.69. The van der Waals surface area contributed by atoms with Crippen LogP contribution >= 0.6 is 11.6 Å². The van der Waals surface area contributed by atoms with Crippen molar-refractivity contribution in [2.45, 2.75) is 25.7 Å². The fourth-order valence-corrected chi connectivity index (χ4v) is 7.30. The number of benzene rings is 4. The maximum Gasteiger partial charge on any atom is 0.257 e. The molecule has 39 heavy (non-hydrogen) atoms. The van der Waals surface area contributed by atoms with E-state index in [9.17, 15) is 14.4 Å². The number of rotatable bonds is 3. The fraction of sp³-hybridized carbons (Fsp3) is 0.182. The highest BCUT2D eigenvalue weighted by Crippen LogP contribution is 2.67. The molecule has 2 atom stereocenters. The number of amides is 3. The van der Waals surface area contributed by atoms with E-state index in [0.29, 0.717) is 16.4 Å². The molecule has 4 aliphatic rings. The van der Waals surface area contributed by atoms with Crippen LogP contribution < -0.4 is 10.2 Å². The van der Waals surface area contributed by atoms with Crippen LogP contribution in [0, 0.1) is 18.3 Å². The number of aryl methyl sites for hydroxylation is 1. The van der Waals surface area contributed by atoms with E-state index >= 15 is 0 Å². The second-order valence-corrected chi connectivity index (χ2v) is 11.3. The summed E-state index contributed by atoms with van der Waals surface area (Å²) in [4.78, 5) is 43.6. The zero-order valence-electron chi connectivity index (χ0n) is 21.4. The molecule has 1 fully saturated rings. The molecule has 3 aliphatic carbocycles. The van der Waals surface area contributed by atoms with Crippen LogP contribution in [-0.4, -0.2) is 17.7 Å². The van der Waals surface area contributed by atoms with Crippen LogP contribution in [0.2, 0.25) is 5.02 Å². The maximum atomic E-state index is 14.5. The Hall–Kier alpha value is -4.22. The summed E-state index contributed by atoms with van der Waals surface area (Å²) in [6.45, 7) is 3.81. The molecule has 0 spiro atoms. The number of nitrogens with zero attached hydrogens (tertiary/aromatic N) is 1. The average molecular weight is 533 g/mol. The maximum absolute atomic E-state index is 14.5. The first-order valence-electron chi connectivity index (χ1n) is 13.0. The molecule has 0 radical (unpaired) electrons. The molecule has 1 saturated heterocycles. The summed E-state index contributed by atoms with van der Waals surface area (Å²) in [7, 11) is 0. The summed E-state index contributed by atoms with van der Waals surface area (Å²) in [5.74, 6) is -1.99. The number of anilines is 2. The molecule has 192 valence electrons. The van der Waals surface area contributed by atoms with E-state index < -0.39 is 17.2 Å². The van der Waals surface area contributed by atoms with Gasteiger partial charge in [-0.25, -0.2) is 4.90 Å². The fourth-order valence-electron chi connectivity index (χ4n) is 7.12. The van der Waals surface area contributed by atoms with Crippen molar-refractivity contribution in [1.82, 2.24) is 0 Å². The molecule has 8 rings (SSSR count). The van der Waals surface area contributed by atoms with E-state index in [4.69, 9.17) is 11.6 Å². The van der Waals surface area contributed by atoms with Crippen LogP contribution in [-0.2, 0) is 9.59 Å². The Labute approximate surface area is 231 Å². The molecule has 0 aromatic heterocycles. The number of imide groups is 1. The molecular weight excluding hydrogens is 508 g/mol. The van der Waals surface area contributed by atoms with Gasteiger partial charge in [-0.2, -0.15) is 0 Å². The van der Waals surface area contributed by atoms with Gasteiger partial charge in [-0.05, 0) is 65.9 Å². The number of hydrogen-bond donors (Lipinski definition) is 1. The molecule has 1 aliphatic heterocycles. The number of carbonyl (C=O) groups excluding carboxylic acids is 3. The summed E-state index contributed by atoms with van der Waals surface area (Å²) in [5.41, 5.74) is 5.42. The lowest BCUT2D eigenvalue weighted by Gasteiger charge is -2.51. The number of nitrogens with one attached hydrogen (secondary N) is 1. The predicted octanol–water partition coefficient (Wildman–Crippen LogP) is 6.69. The van der Waals surface area contributed by atoms with Crippen molar-refractivity contribution in [1.29, 1.82) is 0 Å². The van der Waals surface area contributed by atoms with Crippen molar-refractivity contribution < 1.29 is 14.4 Å². The minimum Gasteiger partial charge on any atom is -0.322 e. The first-order chi connectivity index (χ1) is 18.8. The van der Waals surface area contributed by atoms with E-state index in [2.05, 4.69) is 29.6 Å². The number of hydrogen-bond acceptors (Lipinski definition) is 3. The van der Waals surface area contributed by atoms with Gasteiger partial charge in [0.05, 0.1) is 22.6 Å². The molecule has 3 amide bonds. The highest BCUT2D eigenvalue weighted by atomic mass is 35.5. The standard InChI is InChI=1S/C33H25ClN2O3/c1-18-15-16-19(34)17-25(18)35-30(37)24-13-7-8-14-26(24)36-31(38)29-27-20-9-3-5-11-22(20)28(33(29,2)32(36)39)23-12-6-4-10-21(23)27/h3-17,27-29H,1-2H3,(H,35,37)/t27?,28?,29-,33+/m1/s1. The van der Waals surface area contributed by atoms with Crippen LogP contribution in [0.25, 0.3) is 0 Å². The normalized spacial score (nSPS) is 24.3. The molecule has 2 bridgehead atoms. The van der Waals surface area contributed by atoms with Gasteiger partial charge in [0.1, 0.15) is 0 Å². The van der Waals surface area contributed by atoms with E-state index in [1.165, 1.54) is 4.90 Å². The van der Waals surface area contributed by atoms with Gasteiger partial charge in [0.15, 0.2) is 0 Å². The Morgan fingerprint density at radius 3 is 2.10 bits per heavy atom. The van der Waals surface area contributed by atoms with Gasteiger partial charge in [0.25, 0.3) is 5.91 Å². The second kappa shape index (κ2) is 8.39. The molecule has 6 heteroatoms. The molecule has 4 aromatic carbocycles. The lowest BCUT2D eigenvalue weighted by atomic mass is 9.48. The van der Waals surface area contributed by atoms with Gasteiger partial charge in [-0.1, -0.05) is 78.3 Å². The lowest BCUT2D eigenvalue weighted by Crippen LogP contribution is -2.49. The Bertz CT molecular complexity index is 1680. The molecule has 4 aromatic rings. The molecule has 1 N–H and O–H groups in total. The number of halogens is 1. The first-order valence-corrected chi connectivity index (χ1v) is 13.4. The molecule has 1 heterocycles. The van der Waals surface area contributed by atoms with Gasteiger partial charge in [-0.3, -0.25) is 14.4 Å². The summed E-state index contributed by atoms with van der Waals surface area (Å²) in [6.07, 6.45) is 0. The Balaban J connectivity index is 1.35. The Morgan fingerprint density at radius 2 is 1.44 bits per heavy atom. The van der Waals surface area contributed by atoms with Gasteiger partial charge < -0.3 is 5.32 Å².